The number of para-hydroxylation sites is 1. The first-order chi connectivity index (χ1) is 9.74. The van der Waals surface area contributed by atoms with Crippen molar-refractivity contribution in [2.45, 2.75) is 6.54 Å². The van der Waals surface area contributed by atoms with E-state index >= 15 is 0 Å². The lowest BCUT2D eigenvalue weighted by Gasteiger charge is -2.20. The van der Waals surface area contributed by atoms with Gasteiger partial charge >= 0.3 is 0 Å². The molecule has 2 aromatic rings. The molecule has 3 rings (SSSR count). The van der Waals surface area contributed by atoms with E-state index in [1.807, 2.05) is 0 Å². The first-order valence-corrected chi connectivity index (χ1v) is 6.10. The van der Waals surface area contributed by atoms with Crippen LogP contribution < -0.4 is 15.4 Å². The number of fused-ring (bicyclic) bond motifs is 1. The first kappa shape index (κ1) is 12.3. The molecule has 2 amide bonds. The highest BCUT2D eigenvalue weighted by atomic mass is 16.5. The van der Waals surface area contributed by atoms with Crippen LogP contribution in [0.2, 0.25) is 0 Å². The number of anilines is 1. The van der Waals surface area contributed by atoms with Gasteiger partial charge in [0, 0.05) is 0 Å². The molecule has 1 aromatic carbocycles. The zero-order chi connectivity index (χ0) is 13.9. The topological polar surface area (TPSA) is 80.6 Å². The van der Waals surface area contributed by atoms with E-state index in [9.17, 15) is 9.59 Å². The fourth-order valence-corrected chi connectivity index (χ4v) is 1.96. The summed E-state index contributed by atoms with van der Waals surface area (Å²) >= 11 is 0. The Hall–Kier alpha value is -2.76. The number of hydrogen-bond acceptors (Lipinski definition) is 4. The highest BCUT2D eigenvalue weighted by Crippen LogP contribution is 2.31. The van der Waals surface area contributed by atoms with E-state index in [2.05, 4.69) is 10.6 Å². The molecule has 20 heavy (non-hydrogen) atoms. The van der Waals surface area contributed by atoms with Crippen LogP contribution in [-0.2, 0) is 11.3 Å². The summed E-state index contributed by atoms with van der Waals surface area (Å²) in [5.74, 6) is 0.575. The minimum atomic E-state index is -0.302. The summed E-state index contributed by atoms with van der Waals surface area (Å²) < 4.78 is 10.4. The zero-order valence-corrected chi connectivity index (χ0v) is 10.5. The van der Waals surface area contributed by atoms with Gasteiger partial charge in [0.2, 0.25) is 0 Å². The Kier molecular flexibility index (Phi) is 3.12. The molecule has 102 valence electrons. The summed E-state index contributed by atoms with van der Waals surface area (Å²) in [6, 6.07) is 8.56. The van der Waals surface area contributed by atoms with Gasteiger partial charge in [-0.05, 0) is 24.3 Å². The van der Waals surface area contributed by atoms with Crippen LogP contribution in [0, 0.1) is 0 Å². The molecule has 0 fully saturated rings. The van der Waals surface area contributed by atoms with E-state index in [4.69, 9.17) is 9.15 Å². The van der Waals surface area contributed by atoms with Crippen LogP contribution in [0.15, 0.2) is 41.0 Å². The lowest BCUT2D eigenvalue weighted by molar-refractivity contribution is -0.118. The van der Waals surface area contributed by atoms with Crippen molar-refractivity contribution in [3.63, 3.8) is 0 Å². The van der Waals surface area contributed by atoms with E-state index < -0.39 is 0 Å². The molecule has 0 unspecified atom stereocenters. The number of rotatable bonds is 3. The fraction of sp³-hybridized carbons (Fsp3) is 0.143. The molecule has 1 aliphatic rings. The van der Waals surface area contributed by atoms with Gasteiger partial charge in [0.1, 0.15) is 11.5 Å². The minimum Gasteiger partial charge on any atom is -0.482 e. The van der Waals surface area contributed by atoms with Crippen molar-refractivity contribution < 1.29 is 18.7 Å². The standard InChI is InChI=1S/C14H12N2O4/c17-12-8-20-11-5-1-4-10(13(11)16-12)14(18)15-7-9-3-2-6-19-9/h1-6H,7-8H2,(H,15,18)(H,16,17). The van der Waals surface area contributed by atoms with Crippen LogP contribution in [0.3, 0.4) is 0 Å². The second kappa shape index (κ2) is 5.08. The average Bonchev–Trinajstić information content (AvgIpc) is 2.97. The van der Waals surface area contributed by atoms with Gasteiger partial charge in [-0.1, -0.05) is 6.07 Å². The third-order valence-electron chi connectivity index (χ3n) is 2.90. The monoisotopic (exact) mass is 272 g/mol. The molecule has 0 aliphatic carbocycles. The van der Waals surface area contributed by atoms with Crippen molar-refractivity contribution in [2.75, 3.05) is 11.9 Å². The van der Waals surface area contributed by atoms with Gasteiger partial charge in [-0.25, -0.2) is 0 Å². The number of hydrogen-bond donors (Lipinski definition) is 2. The Morgan fingerprint density at radius 2 is 2.20 bits per heavy atom. The number of carbonyl (C=O) groups excluding carboxylic acids is 2. The van der Waals surface area contributed by atoms with Gasteiger partial charge in [0.15, 0.2) is 6.61 Å². The van der Waals surface area contributed by atoms with Crippen molar-refractivity contribution in [2.24, 2.45) is 0 Å². The normalized spacial score (nSPS) is 13.1. The van der Waals surface area contributed by atoms with E-state index in [-0.39, 0.29) is 25.0 Å². The first-order valence-electron chi connectivity index (χ1n) is 6.10. The lowest BCUT2D eigenvalue weighted by atomic mass is 10.1. The second-order valence-corrected chi connectivity index (χ2v) is 4.28. The Morgan fingerprint density at radius 1 is 1.30 bits per heavy atom. The molecule has 0 saturated heterocycles. The van der Waals surface area contributed by atoms with Crippen LogP contribution in [0.1, 0.15) is 16.1 Å². The second-order valence-electron chi connectivity index (χ2n) is 4.28. The molecule has 2 N–H and O–H groups in total. The largest absolute Gasteiger partial charge is 0.482 e. The summed E-state index contributed by atoms with van der Waals surface area (Å²) in [5.41, 5.74) is 0.766. The minimum absolute atomic E-state index is 0.0372. The van der Waals surface area contributed by atoms with Gasteiger partial charge in [0.05, 0.1) is 24.1 Å². The molecule has 0 radical (unpaired) electrons. The summed E-state index contributed by atoms with van der Waals surface area (Å²) in [5, 5.41) is 5.38. The average molecular weight is 272 g/mol. The van der Waals surface area contributed by atoms with E-state index in [1.165, 1.54) is 0 Å². The molecule has 0 atom stereocenters. The van der Waals surface area contributed by atoms with Crippen molar-refractivity contribution in [1.29, 1.82) is 0 Å². The van der Waals surface area contributed by atoms with Gasteiger partial charge in [-0.3, -0.25) is 9.59 Å². The molecule has 0 bridgehead atoms. The molecule has 1 aliphatic heterocycles. The quantitative estimate of drug-likeness (QED) is 0.888. The predicted molar refractivity (Wildman–Crippen MR) is 70.4 cm³/mol. The van der Waals surface area contributed by atoms with Crippen molar-refractivity contribution >= 4 is 17.5 Å². The number of nitrogens with one attached hydrogen (secondary N) is 2. The summed E-state index contributed by atoms with van der Waals surface area (Å²) in [7, 11) is 0. The third-order valence-corrected chi connectivity index (χ3v) is 2.90. The number of benzene rings is 1. The lowest BCUT2D eigenvalue weighted by Crippen LogP contribution is -2.29. The Bertz CT molecular complexity index is 649. The number of carbonyl (C=O) groups is 2. The van der Waals surface area contributed by atoms with Crippen LogP contribution in [0.25, 0.3) is 0 Å². The molecule has 6 nitrogen and oxygen atoms in total. The number of ether oxygens (including phenoxy) is 1. The van der Waals surface area contributed by atoms with Crippen LogP contribution in [0.4, 0.5) is 5.69 Å². The highest BCUT2D eigenvalue weighted by molar-refractivity contribution is 6.06. The van der Waals surface area contributed by atoms with E-state index in [1.54, 1.807) is 36.6 Å². The maximum Gasteiger partial charge on any atom is 0.262 e. The van der Waals surface area contributed by atoms with Crippen molar-refractivity contribution in [1.82, 2.24) is 5.32 Å². The van der Waals surface area contributed by atoms with E-state index in [0.29, 0.717) is 22.8 Å². The SMILES string of the molecule is O=C1COc2cccc(C(=O)NCc3ccco3)c2N1. The number of furan rings is 1. The molecule has 1 aromatic heterocycles. The highest BCUT2D eigenvalue weighted by Gasteiger charge is 2.22. The Labute approximate surface area is 114 Å². The zero-order valence-electron chi connectivity index (χ0n) is 10.5. The molecule has 0 spiro atoms. The Balaban J connectivity index is 1.79. The summed E-state index contributed by atoms with van der Waals surface area (Å²) in [4.78, 5) is 23.5. The van der Waals surface area contributed by atoms with Gasteiger partial charge in [-0.2, -0.15) is 0 Å². The molecular weight excluding hydrogens is 260 g/mol. The van der Waals surface area contributed by atoms with Gasteiger partial charge < -0.3 is 19.8 Å². The smallest absolute Gasteiger partial charge is 0.262 e. The Morgan fingerprint density at radius 3 is 3.00 bits per heavy atom. The fourth-order valence-electron chi connectivity index (χ4n) is 1.96. The maximum atomic E-state index is 12.2. The molecule has 0 saturated carbocycles. The third kappa shape index (κ3) is 2.35. The molecule has 6 heteroatoms. The van der Waals surface area contributed by atoms with Gasteiger partial charge in [0.25, 0.3) is 11.8 Å². The maximum absolute atomic E-state index is 12.2. The van der Waals surface area contributed by atoms with Gasteiger partial charge in [-0.15, -0.1) is 0 Å². The molecule has 2 heterocycles. The van der Waals surface area contributed by atoms with Crippen LogP contribution in [0.5, 0.6) is 5.75 Å². The van der Waals surface area contributed by atoms with E-state index in [0.717, 1.165) is 0 Å². The summed E-state index contributed by atoms with van der Waals surface area (Å²) in [6.07, 6.45) is 1.54. The number of amides is 2. The predicted octanol–water partition coefficient (Wildman–Crippen LogP) is 1.54. The van der Waals surface area contributed by atoms with Crippen molar-refractivity contribution in [3.05, 3.63) is 47.9 Å². The van der Waals surface area contributed by atoms with Crippen LogP contribution in [-0.4, -0.2) is 18.4 Å². The van der Waals surface area contributed by atoms with Crippen molar-refractivity contribution in [3.8, 4) is 5.75 Å². The van der Waals surface area contributed by atoms with Crippen LogP contribution >= 0.6 is 0 Å². The molecular formula is C14H12N2O4. The summed E-state index contributed by atoms with van der Waals surface area (Å²) in [6.45, 7) is 0.245.